The quantitative estimate of drug-likeness (QED) is 0.753. The van der Waals surface area contributed by atoms with E-state index in [0.29, 0.717) is 36.0 Å². The molecule has 0 fully saturated rings. The topological polar surface area (TPSA) is 69.0 Å². The standard InChI is InChI=1S/C19H21NO5/c1-13(16-4-3-9-23-16)20(2)19(22)8-6-15(21)14-5-7-17-18(12-14)25-11-10-24-17/h3-5,7,9,12-13H,6,8,10-11H2,1-2H3. The molecule has 1 amide bonds. The van der Waals surface area contributed by atoms with Gasteiger partial charge in [0.1, 0.15) is 19.0 Å². The van der Waals surface area contributed by atoms with Gasteiger partial charge in [-0.1, -0.05) is 0 Å². The smallest absolute Gasteiger partial charge is 0.223 e. The molecule has 1 unspecified atom stereocenters. The maximum atomic E-state index is 12.4. The first-order chi connectivity index (χ1) is 12.1. The number of furan rings is 1. The van der Waals surface area contributed by atoms with Gasteiger partial charge < -0.3 is 18.8 Å². The summed E-state index contributed by atoms with van der Waals surface area (Å²) in [7, 11) is 1.71. The molecule has 0 N–H and O–H groups in total. The zero-order valence-corrected chi connectivity index (χ0v) is 14.4. The van der Waals surface area contributed by atoms with E-state index in [4.69, 9.17) is 13.9 Å². The van der Waals surface area contributed by atoms with Crippen molar-refractivity contribution in [1.29, 1.82) is 0 Å². The number of hydrogen-bond acceptors (Lipinski definition) is 5. The molecule has 0 saturated heterocycles. The molecule has 6 nitrogen and oxygen atoms in total. The summed E-state index contributed by atoms with van der Waals surface area (Å²) < 4.78 is 16.3. The number of ketones is 1. The Hall–Kier alpha value is -2.76. The minimum Gasteiger partial charge on any atom is -0.486 e. The SMILES string of the molecule is CC(c1ccco1)N(C)C(=O)CCC(=O)c1ccc2c(c1)OCCO2. The zero-order chi connectivity index (χ0) is 17.8. The number of ether oxygens (including phenoxy) is 2. The molecule has 0 spiro atoms. The van der Waals surface area contributed by atoms with Crippen molar-refractivity contribution in [2.45, 2.75) is 25.8 Å². The lowest BCUT2D eigenvalue weighted by molar-refractivity contribution is -0.132. The van der Waals surface area contributed by atoms with Gasteiger partial charge in [0.05, 0.1) is 12.3 Å². The molecule has 0 saturated carbocycles. The molecule has 3 rings (SSSR count). The summed E-state index contributed by atoms with van der Waals surface area (Å²) >= 11 is 0. The molecule has 0 radical (unpaired) electrons. The molecule has 1 aromatic carbocycles. The van der Waals surface area contributed by atoms with Crippen LogP contribution in [0.25, 0.3) is 0 Å². The fourth-order valence-corrected chi connectivity index (χ4v) is 2.69. The number of hydrogen-bond donors (Lipinski definition) is 0. The van der Waals surface area contributed by atoms with Crippen LogP contribution >= 0.6 is 0 Å². The van der Waals surface area contributed by atoms with Crippen LogP contribution in [0.5, 0.6) is 11.5 Å². The predicted molar refractivity (Wildman–Crippen MR) is 90.9 cm³/mol. The highest BCUT2D eigenvalue weighted by atomic mass is 16.6. The van der Waals surface area contributed by atoms with E-state index in [2.05, 4.69) is 0 Å². The second-order valence-electron chi connectivity index (χ2n) is 5.98. The van der Waals surface area contributed by atoms with Crippen molar-refractivity contribution in [2.24, 2.45) is 0 Å². The lowest BCUT2D eigenvalue weighted by Crippen LogP contribution is -2.29. The van der Waals surface area contributed by atoms with Gasteiger partial charge in [0.2, 0.25) is 5.91 Å². The van der Waals surface area contributed by atoms with Crippen molar-refractivity contribution in [3.8, 4) is 11.5 Å². The largest absolute Gasteiger partial charge is 0.486 e. The Labute approximate surface area is 146 Å². The molecule has 1 aromatic heterocycles. The van der Waals surface area contributed by atoms with Crippen LogP contribution in [-0.4, -0.2) is 36.9 Å². The monoisotopic (exact) mass is 343 g/mol. The Morgan fingerprint density at radius 3 is 2.60 bits per heavy atom. The average Bonchev–Trinajstić information content (AvgIpc) is 3.18. The van der Waals surface area contributed by atoms with E-state index in [0.717, 1.165) is 0 Å². The minimum atomic E-state index is -0.174. The normalized spacial score (nSPS) is 14.0. The van der Waals surface area contributed by atoms with Crippen molar-refractivity contribution in [2.75, 3.05) is 20.3 Å². The van der Waals surface area contributed by atoms with Gasteiger partial charge in [-0.05, 0) is 37.3 Å². The van der Waals surface area contributed by atoms with Gasteiger partial charge >= 0.3 is 0 Å². The number of benzene rings is 1. The number of amides is 1. The summed E-state index contributed by atoms with van der Waals surface area (Å²) in [5.74, 6) is 1.74. The highest BCUT2D eigenvalue weighted by molar-refractivity contribution is 5.98. The summed E-state index contributed by atoms with van der Waals surface area (Å²) in [6.45, 7) is 2.87. The van der Waals surface area contributed by atoms with Crippen LogP contribution in [0.2, 0.25) is 0 Å². The number of Topliss-reactive ketones (excluding diaryl/α,β-unsaturated/α-hetero) is 1. The van der Waals surface area contributed by atoms with Gasteiger partial charge in [-0.2, -0.15) is 0 Å². The summed E-state index contributed by atoms with van der Waals surface area (Å²) in [4.78, 5) is 26.3. The predicted octanol–water partition coefficient (Wildman–Crippen LogP) is 3.23. The van der Waals surface area contributed by atoms with Crippen molar-refractivity contribution >= 4 is 11.7 Å². The maximum Gasteiger partial charge on any atom is 0.223 e. The van der Waals surface area contributed by atoms with Gasteiger partial charge in [-0.25, -0.2) is 0 Å². The van der Waals surface area contributed by atoms with Gasteiger partial charge in [-0.3, -0.25) is 9.59 Å². The Kier molecular flexibility index (Phi) is 5.07. The van der Waals surface area contributed by atoms with E-state index >= 15 is 0 Å². The van der Waals surface area contributed by atoms with E-state index < -0.39 is 0 Å². The average molecular weight is 343 g/mol. The van der Waals surface area contributed by atoms with Crippen molar-refractivity contribution < 1.29 is 23.5 Å². The van der Waals surface area contributed by atoms with E-state index in [1.54, 1.807) is 42.5 Å². The third-order valence-corrected chi connectivity index (χ3v) is 4.36. The van der Waals surface area contributed by atoms with E-state index in [1.165, 1.54) is 0 Å². The fraction of sp³-hybridized carbons (Fsp3) is 0.368. The lowest BCUT2D eigenvalue weighted by atomic mass is 10.0. The molecule has 2 heterocycles. The summed E-state index contributed by atoms with van der Waals surface area (Å²) in [5.41, 5.74) is 0.527. The van der Waals surface area contributed by atoms with Crippen LogP contribution in [0.1, 0.15) is 41.9 Å². The molecular weight excluding hydrogens is 322 g/mol. The molecule has 132 valence electrons. The number of carbonyl (C=O) groups is 2. The Morgan fingerprint density at radius 2 is 1.88 bits per heavy atom. The van der Waals surface area contributed by atoms with Gasteiger partial charge in [0.25, 0.3) is 0 Å². The van der Waals surface area contributed by atoms with Gasteiger partial charge in [0.15, 0.2) is 17.3 Å². The van der Waals surface area contributed by atoms with Crippen LogP contribution in [0.3, 0.4) is 0 Å². The van der Waals surface area contributed by atoms with E-state index in [1.807, 2.05) is 13.0 Å². The first-order valence-corrected chi connectivity index (χ1v) is 8.28. The first-order valence-electron chi connectivity index (χ1n) is 8.28. The van der Waals surface area contributed by atoms with Gasteiger partial charge in [-0.15, -0.1) is 0 Å². The minimum absolute atomic E-state index is 0.0932. The van der Waals surface area contributed by atoms with E-state index in [-0.39, 0.29) is 30.6 Å². The van der Waals surface area contributed by atoms with Crippen molar-refractivity contribution in [1.82, 2.24) is 4.90 Å². The molecule has 25 heavy (non-hydrogen) atoms. The Morgan fingerprint density at radius 1 is 1.12 bits per heavy atom. The molecule has 1 aliphatic rings. The second-order valence-corrected chi connectivity index (χ2v) is 5.98. The maximum absolute atomic E-state index is 12.4. The third kappa shape index (κ3) is 3.84. The van der Waals surface area contributed by atoms with Gasteiger partial charge in [0, 0.05) is 25.5 Å². The number of fused-ring (bicyclic) bond motifs is 1. The highest BCUT2D eigenvalue weighted by Crippen LogP contribution is 2.31. The summed E-state index contributed by atoms with van der Waals surface area (Å²) in [6.07, 6.45) is 1.87. The molecule has 0 bridgehead atoms. The van der Waals surface area contributed by atoms with Crippen molar-refractivity contribution in [3.63, 3.8) is 0 Å². The molecular formula is C19H21NO5. The highest BCUT2D eigenvalue weighted by Gasteiger charge is 2.21. The molecule has 0 aliphatic carbocycles. The number of carbonyl (C=O) groups excluding carboxylic acids is 2. The fourth-order valence-electron chi connectivity index (χ4n) is 2.69. The molecule has 2 aromatic rings. The third-order valence-electron chi connectivity index (χ3n) is 4.36. The van der Waals surface area contributed by atoms with Crippen LogP contribution in [0, 0.1) is 0 Å². The molecule has 1 atom stereocenters. The zero-order valence-electron chi connectivity index (χ0n) is 14.4. The molecule has 6 heteroatoms. The Bertz CT molecular complexity index is 753. The van der Waals surface area contributed by atoms with Crippen LogP contribution in [-0.2, 0) is 4.79 Å². The first kappa shape index (κ1) is 17.1. The van der Waals surface area contributed by atoms with Crippen molar-refractivity contribution in [3.05, 3.63) is 47.9 Å². The summed E-state index contributed by atoms with van der Waals surface area (Å²) in [5, 5.41) is 0. The number of nitrogens with zero attached hydrogens (tertiary/aromatic N) is 1. The van der Waals surface area contributed by atoms with Crippen LogP contribution in [0.15, 0.2) is 41.0 Å². The summed E-state index contributed by atoms with van der Waals surface area (Å²) in [6, 6.07) is 8.55. The van der Waals surface area contributed by atoms with Crippen LogP contribution in [0.4, 0.5) is 0 Å². The van der Waals surface area contributed by atoms with E-state index in [9.17, 15) is 9.59 Å². The number of rotatable bonds is 6. The molecule has 1 aliphatic heterocycles. The Balaban J connectivity index is 1.57. The second kappa shape index (κ2) is 7.42. The van der Waals surface area contributed by atoms with Crippen LogP contribution < -0.4 is 9.47 Å². The lowest BCUT2D eigenvalue weighted by Gasteiger charge is -2.23.